The van der Waals surface area contributed by atoms with Crippen LogP contribution in [0.4, 0.5) is 5.82 Å². The summed E-state index contributed by atoms with van der Waals surface area (Å²) in [6, 6.07) is 2.20. The summed E-state index contributed by atoms with van der Waals surface area (Å²) in [7, 11) is 0. The van der Waals surface area contributed by atoms with Gasteiger partial charge in [-0.1, -0.05) is 19.1 Å². The minimum atomic E-state index is 0.482. The number of nitrogens with two attached hydrogens (primary N) is 1. The molecule has 0 aromatic carbocycles. The third-order valence-corrected chi connectivity index (χ3v) is 4.49. The first kappa shape index (κ1) is 12.9. The summed E-state index contributed by atoms with van der Waals surface area (Å²) in [6.07, 6.45) is 5.96. The van der Waals surface area contributed by atoms with E-state index in [1.165, 1.54) is 30.5 Å². The second-order valence-electron chi connectivity index (χ2n) is 5.88. The predicted molar refractivity (Wildman–Crippen MR) is 82.8 cm³/mol. The normalized spacial score (nSPS) is 22.4. The van der Waals surface area contributed by atoms with Crippen molar-refractivity contribution in [3.05, 3.63) is 22.9 Å². The van der Waals surface area contributed by atoms with Crippen molar-refractivity contribution in [2.24, 2.45) is 11.7 Å². The Bertz CT molecular complexity index is 512. The second-order valence-corrected chi connectivity index (χ2v) is 6.32. The zero-order valence-corrected chi connectivity index (χ0v) is 12.3. The van der Waals surface area contributed by atoms with Crippen molar-refractivity contribution >= 4 is 23.0 Å². The van der Waals surface area contributed by atoms with E-state index >= 15 is 0 Å². The minimum absolute atomic E-state index is 0.482. The summed E-state index contributed by atoms with van der Waals surface area (Å²) in [5, 5.41) is 0. The van der Waals surface area contributed by atoms with E-state index < -0.39 is 0 Å². The van der Waals surface area contributed by atoms with Gasteiger partial charge in [-0.3, -0.25) is 0 Å². The van der Waals surface area contributed by atoms with E-state index in [1.807, 2.05) is 0 Å². The molecule has 2 N–H and O–H groups in total. The van der Waals surface area contributed by atoms with Crippen LogP contribution in [0.1, 0.15) is 43.0 Å². The van der Waals surface area contributed by atoms with Gasteiger partial charge in [0.15, 0.2) is 0 Å². The van der Waals surface area contributed by atoms with Gasteiger partial charge in [0.2, 0.25) is 0 Å². The topological polar surface area (TPSA) is 42.2 Å². The van der Waals surface area contributed by atoms with Crippen molar-refractivity contribution in [3.63, 3.8) is 0 Å². The molecule has 3 nitrogen and oxygen atoms in total. The standard InChI is InChI=1S/C15H21N3S/c1-10-6-7-18(9-10)15-12(14(16)19)8-11-4-2-3-5-13(11)17-15/h8,10H,2-7,9H2,1H3,(H2,16,19). The first-order valence-electron chi connectivity index (χ1n) is 7.22. The summed E-state index contributed by atoms with van der Waals surface area (Å²) >= 11 is 5.23. The molecule has 0 spiro atoms. The van der Waals surface area contributed by atoms with Crippen molar-refractivity contribution in [2.75, 3.05) is 18.0 Å². The molecule has 0 saturated carbocycles. The van der Waals surface area contributed by atoms with Crippen LogP contribution in [0.25, 0.3) is 0 Å². The van der Waals surface area contributed by atoms with Crippen molar-refractivity contribution in [1.82, 2.24) is 4.98 Å². The average Bonchev–Trinajstić information content (AvgIpc) is 2.83. The number of aromatic nitrogens is 1. The van der Waals surface area contributed by atoms with Crippen LogP contribution < -0.4 is 10.6 Å². The van der Waals surface area contributed by atoms with Crippen LogP contribution in [-0.2, 0) is 12.8 Å². The zero-order chi connectivity index (χ0) is 13.4. The van der Waals surface area contributed by atoms with Crippen LogP contribution >= 0.6 is 12.2 Å². The maximum atomic E-state index is 5.91. The maximum Gasteiger partial charge on any atom is 0.139 e. The Labute approximate surface area is 120 Å². The Balaban J connectivity index is 2.03. The zero-order valence-electron chi connectivity index (χ0n) is 11.5. The molecule has 3 rings (SSSR count). The van der Waals surface area contributed by atoms with E-state index in [4.69, 9.17) is 22.9 Å². The highest BCUT2D eigenvalue weighted by Crippen LogP contribution is 2.29. The summed E-state index contributed by atoms with van der Waals surface area (Å²) in [5.41, 5.74) is 9.51. The van der Waals surface area contributed by atoms with Gasteiger partial charge in [0, 0.05) is 18.8 Å². The first-order chi connectivity index (χ1) is 9.15. The van der Waals surface area contributed by atoms with Crippen LogP contribution in [0.3, 0.4) is 0 Å². The number of nitrogens with zero attached hydrogens (tertiary/aromatic N) is 2. The van der Waals surface area contributed by atoms with Crippen molar-refractivity contribution in [2.45, 2.75) is 39.0 Å². The summed E-state index contributed by atoms with van der Waals surface area (Å²) in [6.45, 7) is 4.43. The number of thiocarbonyl (C=S) groups is 1. The van der Waals surface area contributed by atoms with Crippen molar-refractivity contribution in [1.29, 1.82) is 0 Å². The fraction of sp³-hybridized carbons (Fsp3) is 0.600. The quantitative estimate of drug-likeness (QED) is 0.842. The van der Waals surface area contributed by atoms with E-state index in [1.54, 1.807) is 0 Å². The monoisotopic (exact) mass is 275 g/mol. The molecule has 1 fully saturated rings. The highest BCUT2D eigenvalue weighted by Gasteiger charge is 2.25. The molecule has 19 heavy (non-hydrogen) atoms. The van der Waals surface area contributed by atoms with Crippen LogP contribution in [0, 0.1) is 5.92 Å². The molecule has 2 heterocycles. The number of hydrogen-bond acceptors (Lipinski definition) is 3. The van der Waals surface area contributed by atoms with Gasteiger partial charge in [-0.25, -0.2) is 4.98 Å². The molecule has 1 aromatic heterocycles. The third kappa shape index (κ3) is 2.46. The SMILES string of the molecule is CC1CCN(c2nc3c(cc2C(N)=S)CCCC3)C1. The lowest BCUT2D eigenvalue weighted by molar-refractivity contribution is 0.655. The molecule has 1 atom stereocenters. The molecule has 0 radical (unpaired) electrons. The van der Waals surface area contributed by atoms with Gasteiger partial charge >= 0.3 is 0 Å². The van der Waals surface area contributed by atoms with Gasteiger partial charge < -0.3 is 10.6 Å². The third-order valence-electron chi connectivity index (χ3n) is 4.27. The van der Waals surface area contributed by atoms with E-state index in [2.05, 4.69) is 17.9 Å². The minimum Gasteiger partial charge on any atom is -0.389 e. The Morgan fingerprint density at radius 2 is 2.21 bits per heavy atom. The van der Waals surface area contributed by atoms with Gasteiger partial charge in [-0.15, -0.1) is 0 Å². The van der Waals surface area contributed by atoms with Gasteiger partial charge in [0.25, 0.3) is 0 Å². The van der Waals surface area contributed by atoms with Crippen LogP contribution in [0.2, 0.25) is 0 Å². The Morgan fingerprint density at radius 1 is 1.42 bits per heavy atom. The number of pyridine rings is 1. The lowest BCUT2D eigenvalue weighted by Gasteiger charge is -2.24. The van der Waals surface area contributed by atoms with E-state index in [9.17, 15) is 0 Å². The molecule has 1 aromatic rings. The molecule has 2 aliphatic rings. The number of fused-ring (bicyclic) bond motifs is 1. The Morgan fingerprint density at radius 3 is 2.89 bits per heavy atom. The summed E-state index contributed by atoms with van der Waals surface area (Å²) in [5.74, 6) is 1.76. The molecule has 4 heteroatoms. The maximum absolute atomic E-state index is 5.91. The molecular weight excluding hydrogens is 254 g/mol. The fourth-order valence-electron chi connectivity index (χ4n) is 3.17. The Kier molecular flexibility index (Phi) is 3.44. The highest BCUT2D eigenvalue weighted by atomic mass is 32.1. The molecule has 1 aliphatic carbocycles. The first-order valence-corrected chi connectivity index (χ1v) is 7.63. The van der Waals surface area contributed by atoms with E-state index in [-0.39, 0.29) is 0 Å². The van der Waals surface area contributed by atoms with Crippen LogP contribution in [-0.4, -0.2) is 23.1 Å². The lowest BCUT2D eigenvalue weighted by atomic mass is 9.94. The lowest BCUT2D eigenvalue weighted by Crippen LogP contribution is -2.26. The number of anilines is 1. The van der Waals surface area contributed by atoms with E-state index in [0.29, 0.717) is 4.99 Å². The van der Waals surface area contributed by atoms with Crippen molar-refractivity contribution < 1.29 is 0 Å². The molecule has 0 amide bonds. The number of rotatable bonds is 2. The molecule has 102 valence electrons. The predicted octanol–water partition coefficient (Wildman–Crippen LogP) is 2.44. The van der Waals surface area contributed by atoms with Crippen LogP contribution in [0.15, 0.2) is 6.07 Å². The second kappa shape index (κ2) is 5.08. The van der Waals surface area contributed by atoms with Gasteiger partial charge in [-0.05, 0) is 49.7 Å². The fourth-order valence-corrected chi connectivity index (χ4v) is 3.32. The van der Waals surface area contributed by atoms with Gasteiger partial charge in [0.05, 0.1) is 5.56 Å². The number of aryl methyl sites for hydroxylation is 2. The van der Waals surface area contributed by atoms with Gasteiger partial charge in [-0.2, -0.15) is 0 Å². The smallest absolute Gasteiger partial charge is 0.139 e. The molecule has 1 unspecified atom stereocenters. The average molecular weight is 275 g/mol. The molecule has 1 aliphatic heterocycles. The largest absolute Gasteiger partial charge is 0.389 e. The van der Waals surface area contributed by atoms with Crippen molar-refractivity contribution in [3.8, 4) is 0 Å². The van der Waals surface area contributed by atoms with E-state index in [0.717, 1.165) is 43.2 Å². The number of hydrogen-bond donors (Lipinski definition) is 1. The molecule has 0 bridgehead atoms. The van der Waals surface area contributed by atoms with Gasteiger partial charge in [0.1, 0.15) is 10.8 Å². The highest BCUT2D eigenvalue weighted by molar-refractivity contribution is 7.80. The summed E-state index contributed by atoms with van der Waals surface area (Å²) in [4.78, 5) is 7.75. The molecule has 1 saturated heterocycles. The van der Waals surface area contributed by atoms with Crippen LogP contribution in [0.5, 0.6) is 0 Å². The molecular formula is C15H21N3S. The summed E-state index contributed by atoms with van der Waals surface area (Å²) < 4.78 is 0. The Hall–Kier alpha value is -1.16.